The van der Waals surface area contributed by atoms with Gasteiger partial charge < -0.3 is 14.5 Å². The Labute approximate surface area is 216 Å². The van der Waals surface area contributed by atoms with Crippen molar-refractivity contribution in [1.29, 1.82) is 0 Å². The van der Waals surface area contributed by atoms with Gasteiger partial charge in [-0.15, -0.1) is 11.3 Å². The summed E-state index contributed by atoms with van der Waals surface area (Å²) in [6, 6.07) is 14.6. The van der Waals surface area contributed by atoms with E-state index >= 15 is 0 Å². The van der Waals surface area contributed by atoms with Gasteiger partial charge >= 0.3 is 0 Å². The van der Waals surface area contributed by atoms with Crippen molar-refractivity contribution in [3.8, 4) is 5.75 Å². The molecule has 2 amide bonds. The number of hydrogen-bond donors (Lipinski definition) is 0. The van der Waals surface area contributed by atoms with Crippen LogP contribution in [0.1, 0.15) is 70.5 Å². The molecule has 0 unspecified atom stereocenters. The Morgan fingerprint density at radius 3 is 2.67 bits per heavy atom. The third-order valence-corrected chi connectivity index (χ3v) is 7.92. The molecule has 0 saturated heterocycles. The summed E-state index contributed by atoms with van der Waals surface area (Å²) in [7, 11) is 0. The van der Waals surface area contributed by atoms with E-state index in [4.69, 9.17) is 4.74 Å². The van der Waals surface area contributed by atoms with Gasteiger partial charge in [0.2, 0.25) is 5.91 Å². The fourth-order valence-corrected chi connectivity index (χ4v) is 5.66. The Morgan fingerprint density at radius 2 is 1.94 bits per heavy atom. The Kier molecular flexibility index (Phi) is 7.10. The van der Waals surface area contributed by atoms with Crippen molar-refractivity contribution in [1.82, 2.24) is 14.8 Å². The second-order valence-electron chi connectivity index (χ2n) is 9.63. The molecule has 0 radical (unpaired) electrons. The van der Waals surface area contributed by atoms with Gasteiger partial charge in [-0.3, -0.25) is 9.59 Å². The summed E-state index contributed by atoms with van der Waals surface area (Å²) in [5, 5.41) is 2.57. The summed E-state index contributed by atoms with van der Waals surface area (Å²) in [6.45, 7) is 8.40. The van der Waals surface area contributed by atoms with Crippen LogP contribution >= 0.6 is 11.3 Å². The van der Waals surface area contributed by atoms with Gasteiger partial charge in [0, 0.05) is 30.9 Å². The summed E-state index contributed by atoms with van der Waals surface area (Å²) in [5.41, 5.74) is 5.19. The maximum absolute atomic E-state index is 13.2. The zero-order valence-corrected chi connectivity index (χ0v) is 22.0. The maximum Gasteiger partial charge on any atom is 0.273 e. The topological polar surface area (TPSA) is 62.7 Å². The summed E-state index contributed by atoms with van der Waals surface area (Å²) in [4.78, 5) is 34.2. The molecule has 0 N–H and O–H groups in total. The van der Waals surface area contributed by atoms with Crippen LogP contribution in [-0.4, -0.2) is 46.2 Å². The van der Waals surface area contributed by atoms with E-state index in [0.717, 1.165) is 47.7 Å². The fraction of sp³-hybridized carbons (Fsp3) is 0.414. The lowest BCUT2D eigenvalue weighted by atomic mass is 9.87. The highest BCUT2D eigenvalue weighted by Gasteiger charge is 2.39. The lowest BCUT2D eigenvalue weighted by Gasteiger charge is -2.38. The molecule has 6 nitrogen and oxygen atoms in total. The first-order valence-corrected chi connectivity index (χ1v) is 13.7. The Morgan fingerprint density at radius 1 is 1.14 bits per heavy atom. The van der Waals surface area contributed by atoms with Crippen molar-refractivity contribution in [2.75, 3.05) is 19.6 Å². The number of aromatic nitrogens is 1. The number of rotatable bonds is 8. The number of aryl methyl sites for hydroxylation is 1. The van der Waals surface area contributed by atoms with E-state index in [-0.39, 0.29) is 23.8 Å². The van der Waals surface area contributed by atoms with Crippen LogP contribution in [0.3, 0.4) is 0 Å². The average Bonchev–Trinajstić information content (AvgIpc) is 3.64. The fourth-order valence-electron chi connectivity index (χ4n) is 4.98. The van der Waals surface area contributed by atoms with Crippen LogP contribution in [0.2, 0.25) is 0 Å². The van der Waals surface area contributed by atoms with Crippen molar-refractivity contribution >= 4 is 23.2 Å². The van der Waals surface area contributed by atoms with Gasteiger partial charge in [-0.25, -0.2) is 4.98 Å². The third-order valence-electron chi connectivity index (χ3n) is 7.10. The largest absolute Gasteiger partial charge is 0.486 e. The number of benzene rings is 2. The molecular formula is C29H33N3O3S. The number of carbonyl (C=O) groups excluding carboxylic acids is 2. The van der Waals surface area contributed by atoms with E-state index in [9.17, 15) is 9.59 Å². The molecular weight excluding hydrogens is 470 g/mol. The number of ether oxygens (including phenoxy) is 1. The van der Waals surface area contributed by atoms with Crippen LogP contribution < -0.4 is 4.74 Å². The molecule has 2 aliphatic rings. The van der Waals surface area contributed by atoms with Gasteiger partial charge in [0.1, 0.15) is 23.1 Å². The Balaban J connectivity index is 1.38. The normalized spacial score (nSPS) is 17.0. The van der Waals surface area contributed by atoms with Crippen LogP contribution in [0.5, 0.6) is 5.75 Å². The summed E-state index contributed by atoms with van der Waals surface area (Å²) < 4.78 is 6.15. The number of thiazole rings is 1. The first kappa shape index (κ1) is 24.5. The lowest BCUT2D eigenvalue weighted by Crippen LogP contribution is -2.41. The van der Waals surface area contributed by atoms with Crippen LogP contribution in [-0.2, 0) is 17.8 Å². The summed E-state index contributed by atoms with van der Waals surface area (Å²) >= 11 is 1.44. The van der Waals surface area contributed by atoms with Crippen LogP contribution in [0.25, 0.3) is 0 Å². The third kappa shape index (κ3) is 5.03. The molecule has 1 saturated carbocycles. The molecule has 7 heteroatoms. The quantitative estimate of drug-likeness (QED) is 0.413. The second-order valence-corrected chi connectivity index (χ2v) is 10.6. The van der Waals surface area contributed by atoms with E-state index in [1.54, 1.807) is 10.3 Å². The molecule has 0 spiro atoms. The number of hydrogen-bond acceptors (Lipinski definition) is 5. The van der Waals surface area contributed by atoms with E-state index in [0.29, 0.717) is 25.4 Å². The summed E-state index contributed by atoms with van der Waals surface area (Å²) in [5.74, 6) is 1.15. The number of amides is 2. The van der Waals surface area contributed by atoms with Crippen molar-refractivity contribution in [3.63, 3.8) is 0 Å². The predicted molar refractivity (Wildman–Crippen MR) is 141 cm³/mol. The van der Waals surface area contributed by atoms with E-state index < -0.39 is 0 Å². The molecule has 1 aliphatic carbocycles. The van der Waals surface area contributed by atoms with Crippen molar-refractivity contribution in [2.45, 2.75) is 52.7 Å². The molecule has 2 heterocycles. The minimum Gasteiger partial charge on any atom is -0.486 e. The minimum atomic E-state index is -0.108. The first-order valence-electron chi connectivity index (χ1n) is 12.8. The van der Waals surface area contributed by atoms with E-state index in [2.05, 4.69) is 53.2 Å². The summed E-state index contributed by atoms with van der Waals surface area (Å²) in [6.07, 6.45) is 2.84. The highest BCUT2D eigenvalue weighted by Crippen LogP contribution is 2.41. The monoisotopic (exact) mass is 503 g/mol. The molecule has 1 atom stereocenters. The van der Waals surface area contributed by atoms with Crippen molar-refractivity contribution < 1.29 is 14.3 Å². The maximum atomic E-state index is 13.2. The van der Waals surface area contributed by atoms with Crippen LogP contribution in [0, 0.1) is 12.8 Å². The molecule has 188 valence electrons. The average molecular weight is 504 g/mol. The van der Waals surface area contributed by atoms with Crippen LogP contribution in [0.15, 0.2) is 47.8 Å². The predicted octanol–water partition coefficient (Wildman–Crippen LogP) is 5.40. The zero-order valence-electron chi connectivity index (χ0n) is 21.2. The standard InChI is InChI=1S/C29H33N3O3S/c1-4-31(5-2)29(34)25-18-36-26(30-25)17-35-23-12-11-20-13-14-32(28(33)21-9-10-21)27(24(20)16-23)22-8-6-7-19(3)15-22/h6-8,11-12,15-16,18,21,27H,4-5,9-10,13-14,17H2,1-3H3/t27-/m0/s1. The zero-order chi connectivity index (χ0) is 25.2. The molecule has 3 aromatic rings. The van der Waals surface area contributed by atoms with Gasteiger partial charge in [-0.2, -0.15) is 0 Å². The van der Waals surface area contributed by atoms with E-state index in [1.165, 1.54) is 22.5 Å². The number of nitrogens with zero attached hydrogens (tertiary/aromatic N) is 3. The SMILES string of the molecule is CCN(CC)C(=O)c1csc(COc2ccc3c(c2)[C@H](c2cccc(C)c2)N(C(=O)C2CC2)CC3)n1. The van der Waals surface area contributed by atoms with Gasteiger partial charge in [-0.1, -0.05) is 35.9 Å². The Bertz CT molecular complexity index is 1260. The van der Waals surface area contributed by atoms with Crippen molar-refractivity contribution in [3.05, 3.63) is 80.8 Å². The highest BCUT2D eigenvalue weighted by atomic mass is 32.1. The minimum absolute atomic E-state index is 0.0438. The van der Waals surface area contributed by atoms with Crippen molar-refractivity contribution in [2.24, 2.45) is 5.92 Å². The molecule has 0 bridgehead atoms. The molecule has 2 aromatic carbocycles. The number of fused-ring (bicyclic) bond motifs is 1. The van der Waals surface area contributed by atoms with Gasteiger partial charge in [0.25, 0.3) is 5.91 Å². The van der Waals surface area contributed by atoms with Gasteiger partial charge in [-0.05, 0) is 68.9 Å². The molecule has 1 aromatic heterocycles. The van der Waals surface area contributed by atoms with E-state index in [1.807, 2.05) is 19.9 Å². The second kappa shape index (κ2) is 10.4. The first-order chi connectivity index (χ1) is 17.5. The molecule has 36 heavy (non-hydrogen) atoms. The molecule has 1 fully saturated rings. The smallest absolute Gasteiger partial charge is 0.273 e. The Hall–Kier alpha value is -3.19. The molecule has 1 aliphatic heterocycles. The molecule has 5 rings (SSSR count). The van der Waals surface area contributed by atoms with Gasteiger partial charge in [0.05, 0.1) is 6.04 Å². The number of carbonyl (C=O) groups is 2. The van der Waals surface area contributed by atoms with Crippen LogP contribution in [0.4, 0.5) is 0 Å². The highest BCUT2D eigenvalue weighted by molar-refractivity contribution is 7.09. The lowest BCUT2D eigenvalue weighted by molar-refractivity contribution is -0.134. The van der Waals surface area contributed by atoms with Gasteiger partial charge in [0.15, 0.2) is 0 Å².